The van der Waals surface area contributed by atoms with Gasteiger partial charge in [-0.25, -0.2) is 4.79 Å². The maximum Gasteiger partial charge on any atom is 0.317 e. The molecule has 0 radical (unpaired) electrons. The molecule has 2 heterocycles. The van der Waals surface area contributed by atoms with Gasteiger partial charge in [0.25, 0.3) is 0 Å². The molecule has 6 nitrogen and oxygen atoms in total. The van der Waals surface area contributed by atoms with Crippen molar-refractivity contribution in [2.24, 2.45) is 0 Å². The third-order valence-electron chi connectivity index (χ3n) is 5.48. The van der Waals surface area contributed by atoms with Crippen molar-refractivity contribution in [3.05, 3.63) is 51.7 Å². The molecule has 1 unspecified atom stereocenters. The van der Waals surface area contributed by atoms with Crippen LogP contribution in [0.3, 0.4) is 0 Å². The van der Waals surface area contributed by atoms with Crippen LogP contribution in [0.15, 0.2) is 35.7 Å². The minimum absolute atomic E-state index is 0.0329. The molecule has 0 fully saturated rings. The Bertz CT molecular complexity index is 865. The maximum atomic E-state index is 13.3. The fraction of sp³-hybridized carbons (Fsp3) is 0.500. The highest BCUT2D eigenvalue weighted by atomic mass is 32.1. The van der Waals surface area contributed by atoms with Crippen LogP contribution in [-0.2, 0) is 11.2 Å². The maximum absolute atomic E-state index is 13.3. The van der Waals surface area contributed by atoms with E-state index in [1.165, 1.54) is 10.4 Å². The number of hydrogen-bond acceptors (Lipinski definition) is 4. The Morgan fingerprint density at radius 1 is 1.19 bits per heavy atom. The first-order valence-corrected chi connectivity index (χ1v) is 12.0. The lowest BCUT2D eigenvalue weighted by molar-refractivity contribution is -0.135. The summed E-state index contributed by atoms with van der Waals surface area (Å²) in [6.07, 6.45) is 2.52. The molecule has 31 heavy (non-hydrogen) atoms. The molecule has 168 valence electrons. The van der Waals surface area contributed by atoms with Gasteiger partial charge in [-0.3, -0.25) is 4.79 Å². The molecular weight excluding hydrogens is 410 g/mol. The molecule has 0 saturated carbocycles. The van der Waals surface area contributed by atoms with Gasteiger partial charge < -0.3 is 19.9 Å². The van der Waals surface area contributed by atoms with E-state index >= 15 is 0 Å². The number of carbonyl (C=O) groups is 2. The molecule has 3 amide bonds. The zero-order valence-corrected chi connectivity index (χ0v) is 19.5. The fourth-order valence-electron chi connectivity index (χ4n) is 3.80. The number of ether oxygens (including phenoxy) is 1. The number of nitrogens with zero attached hydrogens (tertiary/aromatic N) is 2. The molecule has 7 heteroatoms. The molecule has 1 N–H and O–H groups in total. The summed E-state index contributed by atoms with van der Waals surface area (Å²) in [6.45, 7) is 8.37. The van der Waals surface area contributed by atoms with Crippen LogP contribution in [0.2, 0.25) is 0 Å². The summed E-state index contributed by atoms with van der Waals surface area (Å²) in [5, 5.41) is 4.98. The average molecular weight is 444 g/mol. The van der Waals surface area contributed by atoms with Gasteiger partial charge in [0.2, 0.25) is 5.91 Å². The lowest BCUT2D eigenvalue weighted by atomic mass is 10.0. The lowest BCUT2D eigenvalue weighted by Gasteiger charge is -2.37. The number of hydrogen-bond donors (Lipinski definition) is 1. The number of urea groups is 1. The van der Waals surface area contributed by atoms with Crippen molar-refractivity contribution in [1.29, 1.82) is 0 Å². The Morgan fingerprint density at radius 2 is 1.97 bits per heavy atom. The van der Waals surface area contributed by atoms with Crippen LogP contribution in [0.1, 0.15) is 48.7 Å². The van der Waals surface area contributed by atoms with Crippen LogP contribution in [0.25, 0.3) is 0 Å². The number of amides is 3. The Labute approximate surface area is 189 Å². The smallest absolute Gasteiger partial charge is 0.317 e. The Morgan fingerprint density at radius 3 is 2.68 bits per heavy atom. The van der Waals surface area contributed by atoms with Crippen molar-refractivity contribution in [1.82, 2.24) is 15.1 Å². The van der Waals surface area contributed by atoms with Gasteiger partial charge in [-0.2, -0.15) is 0 Å². The molecule has 3 rings (SSSR count). The monoisotopic (exact) mass is 443 g/mol. The van der Waals surface area contributed by atoms with Gasteiger partial charge in [0.1, 0.15) is 18.9 Å². The van der Waals surface area contributed by atoms with Crippen molar-refractivity contribution in [3.63, 3.8) is 0 Å². The minimum Gasteiger partial charge on any atom is -0.491 e. The highest BCUT2D eigenvalue weighted by molar-refractivity contribution is 7.10. The van der Waals surface area contributed by atoms with E-state index in [2.05, 4.69) is 16.8 Å². The number of nitrogens with one attached hydrogen (secondary N) is 1. The van der Waals surface area contributed by atoms with Crippen LogP contribution < -0.4 is 10.1 Å². The third kappa shape index (κ3) is 6.00. The van der Waals surface area contributed by atoms with E-state index in [0.717, 1.165) is 30.6 Å². The van der Waals surface area contributed by atoms with Gasteiger partial charge in [0.15, 0.2) is 0 Å². The molecule has 0 aliphatic carbocycles. The standard InChI is InChI=1S/C24H33N3O3S/c1-4-12-25-24(29)26(13-5-2)16-23(28)27-14-10-22-20(11-15-31-22)21(27)17-30-19-8-6-18(3)7-9-19/h6-9,11,15,21H,4-5,10,12-14,16-17H2,1-3H3,(H,25,29). The molecule has 1 aromatic carbocycles. The van der Waals surface area contributed by atoms with Crippen LogP contribution >= 0.6 is 11.3 Å². The van der Waals surface area contributed by atoms with Crippen molar-refractivity contribution in [2.75, 3.05) is 32.8 Å². The summed E-state index contributed by atoms with van der Waals surface area (Å²) < 4.78 is 6.08. The predicted octanol–water partition coefficient (Wildman–Crippen LogP) is 4.39. The Balaban J connectivity index is 1.72. The predicted molar refractivity (Wildman–Crippen MR) is 125 cm³/mol. The molecule has 1 aliphatic rings. The summed E-state index contributed by atoms with van der Waals surface area (Å²) in [6, 6.07) is 9.74. The molecule has 1 aliphatic heterocycles. The van der Waals surface area contributed by atoms with E-state index in [1.807, 2.05) is 49.9 Å². The summed E-state index contributed by atoms with van der Waals surface area (Å²) >= 11 is 1.73. The zero-order chi connectivity index (χ0) is 22.2. The molecule has 2 aromatic rings. The minimum atomic E-state index is -0.169. The molecule has 0 saturated heterocycles. The molecule has 0 spiro atoms. The van der Waals surface area contributed by atoms with Crippen LogP contribution in [0, 0.1) is 6.92 Å². The van der Waals surface area contributed by atoms with Crippen LogP contribution in [0.4, 0.5) is 4.79 Å². The number of rotatable bonds is 9. The van der Waals surface area contributed by atoms with E-state index in [4.69, 9.17) is 4.74 Å². The second-order valence-electron chi connectivity index (χ2n) is 7.93. The lowest BCUT2D eigenvalue weighted by Crippen LogP contribution is -2.50. The Hall–Kier alpha value is -2.54. The average Bonchev–Trinajstić information content (AvgIpc) is 3.25. The number of thiophene rings is 1. The third-order valence-corrected chi connectivity index (χ3v) is 6.47. The highest BCUT2D eigenvalue weighted by Crippen LogP contribution is 2.34. The van der Waals surface area contributed by atoms with Crippen molar-refractivity contribution in [2.45, 2.75) is 46.1 Å². The number of aryl methyl sites for hydroxylation is 1. The first kappa shape index (κ1) is 23.1. The van der Waals surface area contributed by atoms with Crippen molar-refractivity contribution in [3.8, 4) is 5.75 Å². The normalized spacial score (nSPS) is 15.3. The van der Waals surface area contributed by atoms with Crippen LogP contribution in [-0.4, -0.2) is 54.5 Å². The highest BCUT2D eigenvalue weighted by Gasteiger charge is 2.33. The van der Waals surface area contributed by atoms with Gasteiger partial charge in [-0.15, -0.1) is 11.3 Å². The van der Waals surface area contributed by atoms with E-state index < -0.39 is 0 Å². The van der Waals surface area contributed by atoms with E-state index in [9.17, 15) is 9.59 Å². The van der Waals surface area contributed by atoms with Crippen molar-refractivity contribution < 1.29 is 14.3 Å². The van der Waals surface area contributed by atoms with Gasteiger partial charge >= 0.3 is 6.03 Å². The quantitative estimate of drug-likeness (QED) is 0.625. The van der Waals surface area contributed by atoms with E-state index in [-0.39, 0.29) is 24.5 Å². The Kier molecular flexibility index (Phi) is 8.35. The summed E-state index contributed by atoms with van der Waals surface area (Å²) in [5.41, 5.74) is 2.34. The first-order valence-electron chi connectivity index (χ1n) is 11.1. The molecular formula is C24H33N3O3S. The second-order valence-corrected chi connectivity index (χ2v) is 8.93. The van der Waals surface area contributed by atoms with E-state index in [1.54, 1.807) is 16.2 Å². The summed E-state index contributed by atoms with van der Waals surface area (Å²) in [4.78, 5) is 30.6. The van der Waals surface area contributed by atoms with Gasteiger partial charge in [0, 0.05) is 24.5 Å². The fourth-order valence-corrected chi connectivity index (χ4v) is 4.73. The van der Waals surface area contributed by atoms with Gasteiger partial charge in [-0.1, -0.05) is 31.5 Å². The summed E-state index contributed by atoms with van der Waals surface area (Å²) in [7, 11) is 0. The SMILES string of the molecule is CCCNC(=O)N(CCC)CC(=O)N1CCc2sccc2C1COc1ccc(C)cc1. The van der Waals surface area contributed by atoms with Gasteiger partial charge in [0.05, 0.1) is 6.04 Å². The number of benzene rings is 1. The van der Waals surface area contributed by atoms with Crippen LogP contribution in [0.5, 0.6) is 5.75 Å². The van der Waals surface area contributed by atoms with E-state index in [0.29, 0.717) is 26.2 Å². The number of carbonyl (C=O) groups excluding carboxylic acids is 2. The number of fused-ring (bicyclic) bond motifs is 1. The van der Waals surface area contributed by atoms with Gasteiger partial charge in [-0.05, 0) is 55.3 Å². The first-order chi connectivity index (χ1) is 15.0. The molecule has 0 bridgehead atoms. The largest absolute Gasteiger partial charge is 0.491 e. The van der Waals surface area contributed by atoms with Crippen molar-refractivity contribution >= 4 is 23.3 Å². The molecule has 1 aromatic heterocycles. The summed E-state index contributed by atoms with van der Waals surface area (Å²) in [5.74, 6) is 0.765. The second kappa shape index (κ2) is 11.2. The zero-order valence-electron chi connectivity index (χ0n) is 18.7. The molecule has 1 atom stereocenters. The topological polar surface area (TPSA) is 61.9 Å².